The zero-order valence-electron chi connectivity index (χ0n) is 12.8. The van der Waals surface area contributed by atoms with E-state index in [-0.39, 0.29) is 18.6 Å². The van der Waals surface area contributed by atoms with Gasteiger partial charge in [-0.15, -0.1) is 0 Å². The Morgan fingerprint density at radius 3 is 3.00 bits per heavy atom. The van der Waals surface area contributed by atoms with Gasteiger partial charge in [-0.2, -0.15) is 5.10 Å². The van der Waals surface area contributed by atoms with Crippen LogP contribution in [0.25, 0.3) is 0 Å². The number of carbonyl (C=O) groups is 1. The summed E-state index contributed by atoms with van der Waals surface area (Å²) in [5.74, 6) is -0.0730. The third kappa shape index (κ3) is 3.20. The second-order valence-corrected chi connectivity index (χ2v) is 5.64. The number of nitrogens with one attached hydrogen (secondary N) is 1. The van der Waals surface area contributed by atoms with Crippen molar-refractivity contribution in [1.29, 1.82) is 0 Å². The molecule has 0 saturated heterocycles. The zero-order chi connectivity index (χ0) is 15.4. The average Bonchev–Trinajstić information content (AvgIpc) is 2.93. The first-order valence-electron chi connectivity index (χ1n) is 7.64. The number of aromatic nitrogens is 2. The molecule has 0 bridgehead atoms. The van der Waals surface area contributed by atoms with Crippen LogP contribution in [0.2, 0.25) is 0 Å². The molecule has 0 aliphatic heterocycles. The van der Waals surface area contributed by atoms with Crippen LogP contribution in [0, 0.1) is 0 Å². The molecular formula is C17H21N3O2. The van der Waals surface area contributed by atoms with E-state index in [1.54, 1.807) is 0 Å². The third-order valence-electron chi connectivity index (χ3n) is 4.05. The Bertz CT molecular complexity index is 637. The van der Waals surface area contributed by atoms with Gasteiger partial charge in [0.25, 0.3) is 0 Å². The summed E-state index contributed by atoms with van der Waals surface area (Å²) in [7, 11) is 1.53. The molecule has 3 rings (SSSR count). The summed E-state index contributed by atoms with van der Waals surface area (Å²) in [5, 5.41) is 7.57. The third-order valence-corrected chi connectivity index (χ3v) is 4.05. The molecule has 1 amide bonds. The highest BCUT2D eigenvalue weighted by atomic mass is 16.5. The number of nitrogens with zero attached hydrogens (tertiary/aromatic N) is 2. The minimum atomic E-state index is -0.0730. The second kappa shape index (κ2) is 6.75. The fourth-order valence-corrected chi connectivity index (χ4v) is 3.03. The maximum atomic E-state index is 11.8. The van der Waals surface area contributed by atoms with Crippen molar-refractivity contribution in [2.24, 2.45) is 0 Å². The van der Waals surface area contributed by atoms with E-state index in [2.05, 4.69) is 27.2 Å². The molecule has 22 heavy (non-hydrogen) atoms. The van der Waals surface area contributed by atoms with E-state index in [1.165, 1.54) is 18.4 Å². The van der Waals surface area contributed by atoms with Gasteiger partial charge >= 0.3 is 0 Å². The molecule has 116 valence electrons. The summed E-state index contributed by atoms with van der Waals surface area (Å²) in [5.41, 5.74) is 3.61. The van der Waals surface area contributed by atoms with Crippen molar-refractivity contribution >= 4 is 5.91 Å². The number of hydrogen-bond acceptors (Lipinski definition) is 3. The molecule has 1 aromatic heterocycles. The Morgan fingerprint density at radius 2 is 2.23 bits per heavy atom. The van der Waals surface area contributed by atoms with Crippen LogP contribution in [0.5, 0.6) is 0 Å². The highest BCUT2D eigenvalue weighted by molar-refractivity contribution is 5.77. The Balaban J connectivity index is 1.77. The predicted octanol–water partition coefficient (Wildman–Crippen LogP) is 2.07. The van der Waals surface area contributed by atoms with E-state index in [0.717, 1.165) is 31.4 Å². The lowest BCUT2D eigenvalue weighted by atomic mass is 9.93. The van der Waals surface area contributed by atoms with Gasteiger partial charge in [-0.05, 0) is 24.8 Å². The van der Waals surface area contributed by atoms with Crippen LogP contribution in [0.1, 0.15) is 35.7 Å². The van der Waals surface area contributed by atoms with E-state index in [9.17, 15) is 4.79 Å². The fraction of sp³-hybridized carbons (Fsp3) is 0.412. The van der Waals surface area contributed by atoms with Crippen LogP contribution in [0.3, 0.4) is 0 Å². The molecule has 1 aromatic carbocycles. The molecule has 2 aromatic rings. The molecule has 1 unspecified atom stereocenters. The van der Waals surface area contributed by atoms with Crippen molar-refractivity contribution in [3.63, 3.8) is 0 Å². The van der Waals surface area contributed by atoms with Crippen molar-refractivity contribution < 1.29 is 9.53 Å². The summed E-state index contributed by atoms with van der Waals surface area (Å²) < 4.78 is 6.94. The van der Waals surface area contributed by atoms with Gasteiger partial charge in [-0.3, -0.25) is 9.48 Å². The average molecular weight is 299 g/mol. The molecule has 5 heteroatoms. The van der Waals surface area contributed by atoms with Gasteiger partial charge in [0.15, 0.2) is 0 Å². The van der Waals surface area contributed by atoms with E-state index in [1.807, 2.05) is 24.4 Å². The maximum Gasteiger partial charge on any atom is 0.246 e. The van der Waals surface area contributed by atoms with Gasteiger partial charge in [-0.1, -0.05) is 30.3 Å². The van der Waals surface area contributed by atoms with Gasteiger partial charge in [0.05, 0.1) is 18.8 Å². The van der Waals surface area contributed by atoms with Crippen LogP contribution in [0.4, 0.5) is 0 Å². The summed E-state index contributed by atoms with van der Waals surface area (Å²) in [6.45, 7) is 0.874. The van der Waals surface area contributed by atoms with Gasteiger partial charge in [-0.25, -0.2) is 0 Å². The van der Waals surface area contributed by atoms with Crippen LogP contribution in [-0.2, 0) is 22.5 Å². The molecule has 0 fully saturated rings. The normalized spacial score (nSPS) is 17.0. The quantitative estimate of drug-likeness (QED) is 0.919. The summed E-state index contributed by atoms with van der Waals surface area (Å²) in [6, 6.07) is 10.4. The van der Waals surface area contributed by atoms with Crippen molar-refractivity contribution in [1.82, 2.24) is 15.1 Å². The predicted molar refractivity (Wildman–Crippen MR) is 83.5 cm³/mol. The summed E-state index contributed by atoms with van der Waals surface area (Å²) >= 11 is 0. The van der Waals surface area contributed by atoms with Crippen LogP contribution in [-0.4, -0.2) is 29.4 Å². The number of benzene rings is 1. The number of fused-ring (bicyclic) bond motifs is 1. The van der Waals surface area contributed by atoms with E-state index >= 15 is 0 Å². The monoisotopic (exact) mass is 299 g/mol. The Morgan fingerprint density at radius 1 is 1.41 bits per heavy atom. The zero-order valence-corrected chi connectivity index (χ0v) is 12.8. The minimum absolute atomic E-state index is 0.0518. The van der Waals surface area contributed by atoms with Crippen molar-refractivity contribution in [3.8, 4) is 0 Å². The van der Waals surface area contributed by atoms with Gasteiger partial charge in [0.1, 0.15) is 6.61 Å². The number of amides is 1. The number of ether oxygens (including phenoxy) is 1. The van der Waals surface area contributed by atoms with Crippen LogP contribution in [0.15, 0.2) is 36.5 Å². The highest BCUT2D eigenvalue weighted by Crippen LogP contribution is 2.29. The molecule has 1 aliphatic rings. The first-order valence-corrected chi connectivity index (χ1v) is 7.64. The molecule has 1 heterocycles. The van der Waals surface area contributed by atoms with Crippen molar-refractivity contribution in [2.75, 3.05) is 13.7 Å². The fourth-order valence-electron chi connectivity index (χ4n) is 3.03. The molecule has 0 spiro atoms. The van der Waals surface area contributed by atoms with Gasteiger partial charge in [0.2, 0.25) is 5.91 Å². The van der Waals surface area contributed by atoms with E-state index < -0.39 is 0 Å². The van der Waals surface area contributed by atoms with Crippen molar-refractivity contribution in [2.45, 2.75) is 31.8 Å². The second-order valence-electron chi connectivity index (χ2n) is 5.64. The lowest BCUT2D eigenvalue weighted by Crippen LogP contribution is -2.33. The Kier molecular flexibility index (Phi) is 4.53. The Labute approximate surface area is 130 Å². The number of hydrogen-bond donors (Lipinski definition) is 1. The number of methoxy groups -OCH3 is 1. The largest absolute Gasteiger partial charge is 0.375 e. The highest BCUT2D eigenvalue weighted by Gasteiger charge is 2.25. The maximum absolute atomic E-state index is 11.8. The van der Waals surface area contributed by atoms with Gasteiger partial charge in [0, 0.05) is 18.4 Å². The topological polar surface area (TPSA) is 56.1 Å². The molecule has 5 nitrogen and oxygen atoms in total. The SMILES string of the molecule is COCC(=O)NC1CCCc2c1cnn2Cc1ccccc1. The lowest BCUT2D eigenvalue weighted by Gasteiger charge is -2.24. The summed E-state index contributed by atoms with van der Waals surface area (Å²) in [4.78, 5) is 11.8. The molecule has 1 atom stereocenters. The molecule has 1 aliphatic carbocycles. The standard InChI is InChI=1S/C17H21N3O2/c1-22-12-17(21)19-15-8-5-9-16-14(15)10-18-20(16)11-13-6-3-2-4-7-13/h2-4,6-7,10,15H,5,8-9,11-12H2,1H3,(H,19,21). The summed E-state index contributed by atoms with van der Waals surface area (Å²) in [6.07, 6.45) is 4.93. The van der Waals surface area contributed by atoms with Crippen LogP contribution >= 0.6 is 0 Å². The van der Waals surface area contributed by atoms with E-state index in [4.69, 9.17) is 4.74 Å². The first-order chi connectivity index (χ1) is 10.8. The minimum Gasteiger partial charge on any atom is -0.375 e. The smallest absolute Gasteiger partial charge is 0.246 e. The van der Waals surface area contributed by atoms with Gasteiger partial charge < -0.3 is 10.1 Å². The Hall–Kier alpha value is -2.14. The molecule has 1 N–H and O–H groups in total. The molecular weight excluding hydrogens is 278 g/mol. The molecule has 0 radical (unpaired) electrons. The lowest BCUT2D eigenvalue weighted by molar-refractivity contribution is -0.125. The number of carbonyl (C=O) groups excluding carboxylic acids is 1. The number of rotatable bonds is 5. The first kappa shape index (κ1) is 14.8. The van der Waals surface area contributed by atoms with Crippen molar-refractivity contribution in [3.05, 3.63) is 53.3 Å². The molecule has 0 saturated carbocycles. The van der Waals surface area contributed by atoms with Crippen LogP contribution < -0.4 is 5.32 Å². The van der Waals surface area contributed by atoms with E-state index in [0.29, 0.717) is 0 Å².